The number of rotatable bonds is 1. The first kappa shape index (κ1) is 25.5. The van der Waals surface area contributed by atoms with Crippen LogP contribution in [-0.2, 0) is 23.8 Å². The molecule has 3 rings (SSSR count). The van der Waals surface area contributed by atoms with Crippen molar-refractivity contribution in [1.29, 1.82) is 5.26 Å². The van der Waals surface area contributed by atoms with Gasteiger partial charge in [0.25, 0.3) is 5.97 Å². The largest absolute Gasteiger partial charge is 0.481 e. The maximum Gasteiger partial charge on any atom is 0.300 e. The molecule has 8 heteroatoms. The molecule has 0 atom stereocenters. The highest BCUT2D eigenvalue weighted by Crippen LogP contribution is 2.12. The summed E-state index contributed by atoms with van der Waals surface area (Å²) < 4.78 is 15.1. The Bertz CT molecular complexity index is 414. The maximum absolute atomic E-state index is 10.4. The number of carbonyl (C=O) groups is 2. The van der Waals surface area contributed by atoms with E-state index in [0.717, 1.165) is 71.5 Å². The van der Waals surface area contributed by atoms with E-state index in [4.69, 9.17) is 35.1 Å². The van der Waals surface area contributed by atoms with Crippen LogP contribution in [0.2, 0.25) is 0 Å². The van der Waals surface area contributed by atoms with Gasteiger partial charge in [-0.25, -0.2) is 0 Å². The highest BCUT2D eigenvalue weighted by Gasteiger charge is 2.11. The number of nitrogens with two attached hydrogens (primary N) is 1. The number of nitrogens with zero attached hydrogens (tertiary/aromatic N) is 1. The molecule has 0 aromatic rings. The first-order valence-corrected chi connectivity index (χ1v) is 9.53. The minimum atomic E-state index is -0.833. The highest BCUT2D eigenvalue weighted by atomic mass is 16.5. The first-order valence-electron chi connectivity index (χ1n) is 9.53. The van der Waals surface area contributed by atoms with E-state index in [1.54, 1.807) is 0 Å². The zero-order valence-corrected chi connectivity index (χ0v) is 16.4. The Hall–Kier alpha value is -1.53. The van der Waals surface area contributed by atoms with Crippen molar-refractivity contribution in [3.63, 3.8) is 0 Å². The maximum atomic E-state index is 10.4. The van der Waals surface area contributed by atoms with Gasteiger partial charge in [-0.3, -0.25) is 9.59 Å². The molecule has 0 aliphatic carbocycles. The third-order valence-electron chi connectivity index (χ3n) is 4.13. The molecular weight excluding hydrogens is 352 g/mol. The van der Waals surface area contributed by atoms with Crippen LogP contribution in [-0.4, -0.2) is 63.0 Å². The zero-order valence-electron chi connectivity index (χ0n) is 16.4. The van der Waals surface area contributed by atoms with E-state index >= 15 is 0 Å². The Labute approximate surface area is 161 Å². The van der Waals surface area contributed by atoms with Gasteiger partial charge in [-0.1, -0.05) is 0 Å². The molecule has 27 heavy (non-hydrogen) atoms. The quantitative estimate of drug-likeness (QED) is 0.697. The number of ketones is 1. The van der Waals surface area contributed by atoms with Gasteiger partial charge in [-0.15, -0.1) is 0 Å². The summed E-state index contributed by atoms with van der Waals surface area (Å²) in [4.78, 5) is 19.4. The van der Waals surface area contributed by atoms with Gasteiger partial charge in [0.05, 0.1) is 25.2 Å². The van der Waals surface area contributed by atoms with Crippen molar-refractivity contribution >= 4 is 11.8 Å². The lowest BCUT2D eigenvalue weighted by Crippen LogP contribution is -2.22. The topological polar surface area (TPSA) is 132 Å². The summed E-state index contributed by atoms with van der Waals surface area (Å²) >= 11 is 0. The summed E-state index contributed by atoms with van der Waals surface area (Å²) in [7, 11) is 0. The molecule has 0 radical (unpaired) electrons. The second-order valence-corrected chi connectivity index (χ2v) is 6.48. The van der Waals surface area contributed by atoms with Gasteiger partial charge < -0.3 is 25.1 Å². The van der Waals surface area contributed by atoms with Crippen LogP contribution in [0.15, 0.2) is 0 Å². The monoisotopic (exact) mass is 386 g/mol. The molecule has 0 spiro atoms. The van der Waals surface area contributed by atoms with Gasteiger partial charge in [0.15, 0.2) is 0 Å². The van der Waals surface area contributed by atoms with Gasteiger partial charge in [-0.05, 0) is 38.1 Å². The van der Waals surface area contributed by atoms with E-state index in [1.165, 1.54) is 0 Å². The van der Waals surface area contributed by atoms with Crippen molar-refractivity contribution < 1.29 is 28.9 Å². The summed E-state index contributed by atoms with van der Waals surface area (Å²) in [6.45, 7) is 6.58. The van der Waals surface area contributed by atoms with Crippen LogP contribution in [0.3, 0.4) is 0 Å². The zero-order chi connectivity index (χ0) is 20.3. The third kappa shape index (κ3) is 17.6. The number of hydrogen-bond donors (Lipinski definition) is 2. The Kier molecular flexibility index (Phi) is 16.9. The molecule has 3 aliphatic rings. The molecule has 156 valence electrons. The number of aliphatic carboxylic acids is 1. The molecule has 3 heterocycles. The van der Waals surface area contributed by atoms with Crippen LogP contribution in [0.4, 0.5) is 0 Å². The van der Waals surface area contributed by atoms with E-state index < -0.39 is 5.97 Å². The van der Waals surface area contributed by atoms with Crippen LogP contribution < -0.4 is 5.73 Å². The average Bonchev–Trinajstić information content (AvgIpc) is 2.70. The summed E-state index contributed by atoms with van der Waals surface area (Å²) in [5.74, 6) is 0.513. The van der Waals surface area contributed by atoms with Crippen molar-refractivity contribution in [1.82, 2.24) is 0 Å². The second kappa shape index (κ2) is 17.9. The third-order valence-corrected chi connectivity index (χ3v) is 4.13. The molecule has 0 amide bonds. The van der Waals surface area contributed by atoms with E-state index in [2.05, 4.69) is 6.07 Å². The smallest absolute Gasteiger partial charge is 0.300 e. The lowest BCUT2D eigenvalue weighted by Gasteiger charge is -2.19. The molecule has 0 aromatic heterocycles. The SMILES string of the molecule is CC(=O)O.N#CC1CCOCC1.NCC1CCOCC1.O=C1CCOCC1. The fourth-order valence-electron chi connectivity index (χ4n) is 2.41. The van der Waals surface area contributed by atoms with Crippen LogP contribution in [0.25, 0.3) is 0 Å². The Balaban J connectivity index is 0.000000344. The van der Waals surface area contributed by atoms with Gasteiger partial charge >= 0.3 is 0 Å². The average molecular weight is 386 g/mol. The molecule has 0 saturated carbocycles. The Morgan fingerprint density at radius 1 is 1.04 bits per heavy atom. The van der Waals surface area contributed by atoms with E-state index in [-0.39, 0.29) is 5.92 Å². The second-order valence-electron chi connectivity index (χ2n) is 6.48. The van der Waals surface area contributed by atoms with Crippen LogP contribution in [0.5, 0.6) is 0 Å². The van der Waals surface area contributed by atoms with Gasteiger partial charge in [0.2, 0.25) is 0 Å². The summed E-state index contributed by atoms with van der Waals surface area (Å²) in [6.07, 6.45) is 5.43. The molecule has 0 unspecified atom stereocenters. The molecule has 3 saturated heterocycles. The molecule has 0 bridgehead atoms. The van der Waals surface area contributed by atoms with Gasteiger partial charge in [0.1, 0.15) is 5.78 Å². The van der Waals surface area contributed by atoms with Crippen LogP contribution in [0, 0.1) is 23.2 Å². The van der Waals surface area contributed by atoms with Crippen molar-refractivity contribution in [2.75, 3.05) is 46.2 Å². The number of carbonyl (C=O) groups excluding carboxylic acids is 1. The summed E-state index contributed by atoms with van der Waals surface area (Å²) in [5.41, 5.74) is 5.45. The van der Waals surface area contributed by atoms with Crippen molar-refractivity contribution in [2.24, 2.45) is 17.6 Å². The van der Waals surface area contributed by atoms with Gasteiger partial charge in [-0.2, -0.15) is 5.26 Å². The number of hydrogen-bond acceptors (Lipinski definition) is 7. The summed E-state index contributed by atoms with van der Waals surface area (Å²) in [6, 6.07) is 2.22. The van der Waals surface area contributed by atoms with Crippen LogP contribution >= 0.6 is 0 Å². The fraction of sp³-hybridized carbons (Fsp3) is 0.842. The van der Waals surface area contributed by atoms with Crippen molar-refractivity contribution in [3.05, 3.63) is 0 Å². The molecule has 0 aromatic carbocycles. The van der Waals surface area contributed by atoms with E-state index in [0.29, 0.717) is 31.8 Å². The van der Waals surface area contributed by atoms with E-state index in [9.17, 15) is 4.79 Å². The van der Waals surface area contributed by atoms with Crippen molar-refractivity contribution in [2.45, 2.75) is 45.4 Å². The molecule has 3 N–H and O–H groups in total. The first-order chi connectivity index (χ1) is 13.0. The summed E-state index contributed by atoms with van der Waals surface area (Å²) in [5, 5.41) is 15.8. The van der Waals surface area contributed by atoms with Crippen molar-refractivity contribution in [3.8, 4) is 6.07 Å². The minimum absolute atomic E-state index is 0.267. The molecule has 8 nitrogen and oxygen atoms in total. The standard InChI is InChI=1S/C6H13NO.C6H9NO.C5H8O2.C2H4O2/c2*7-5-6-1-3-8-4-2-6;6-5-1-3-7-4-2-5;1-2(3)4/h6H,1-5,7H2;6H,1-4H2;1-4H2;1H3,(H,3,4). The lowest BCUT2D eigenvalue weighted by molar-refractivity contribution is -0.134. The number of carboxylic acids is 1. The Morgan fingerprint density at radius 2 is 1.44 bits per heavy atom. The van der Waals surface area contributed by atoms with Gasteiger partial charge in [0, 0.05) is 46.2 Å². The molecule has 3 aliphatic heterocycles. The molecular formula is C19H34N2O6. The van der Waals surface area contributed by atoms with Crippen LogP contribution in [0.1, 0.15) is 45.4 Å². The minimum Gasteiger partial charge on any atom is -0.481 e. The number of ether oxygens (including phenoxy) is 3. The number of Topliss-reactive ketones (excluding diaryl/α,β-unsaturated/α-hetero) is 1. The Morgan fingerprint density at radius 3 is 1.70 bits per heavy atom. The highest BCUT2D eigenvalue weighted by molar-refractivity contribution is 5.79. The predicted octanol–water partition coefficient (Wildman–Crippen LogP) is 1.77. The fourth-order valence-corrected chi connectivity index (χ4v) is 2.41. The van der Waals surface area contributed by atoms with E-state index in [1.807, 2.05) is 0 Å². The number of carboxylic acid groups (broad SMARTS) is 1. The molecule has 3 fully saturated rings. The number of nitriles is 1. The normalized spacial score (nSPS) is 20.4. The lowest BCUT2D eigenvalue weighted by atomic mass is 10.0. The predicted molar refractivity (Wildman–Crippen MR) is 100 cm³/mol.